The zero-order chi connectivity index (χ0) is 17.2. The normalized spacial score (nSPS) is 23.3. The maximum atomic E-state index is 12.4. The highest BCUT2D eigenvalue weighted by molar-refractivity contribution is 5.83. The Labute approximate surface area is 148 Å². The van der Waals surface area contributed by atoms with Gasteiger partial charge in [0.25, 0.3) is 0 Å². The highest BCUT2D eigenvalue weighted by atomic mass is 16.5. The third kappa shape index (κ3) is 3.50. The molecular formula is C20H24N2O3. The van der Waals surface area contributed by atoms with Gasteiger partial charge in [0.1, 0.15) is 11.5 Å². The molecule has 2 aromatic rings. The SMILES string of the molecule is COc1ccc(N2CCC(NC(=O)[C@@H]3C[C@@H]3c3ccco3)CC2)cc1. The summed E-state index contributed by atoms with van der Waals surface area (Å²) in [7, 11) is 1.68. The van der Waals surface area contributed by atoms with E-state index in [2.05, 4.69) is 22.3 Å². The summed E-state index contributed by atoms with van der Waals surface area (Å²) in [6.07, 6.45) is 4.55. The number of rotatable bonds is 5. The van der Waals surface area contributed by atoms with Gasteiger partial charge in [-0.3, -0.25) is 4.79 Å². The van der Waals surface area contributed by atoms with Crippen molar-refractivity contribution in [2.75, 3.05) is 25.1 Å². The molecule has 0 spiro atoms. The van der Waals surface area contributed by atoms with Crippen LogP contribution in [0.25, 0.3) is 0 Å². The molecule has 132 valence electrons. The van der Waals surface area contributed by atoms with Crippen LogP contribution in [0.1, 0.15) is 30.9 Å². The molecular weight excluding hydrogens is 316 g/mol. The second-order valence-electron chi connectivity index (χ2n) is 6.93. The van der Waals surface area contributed by atoms with Crippen LogP contribution in [0.4, 0.5) is 5.69 Å². The lowest BCUT2D eigenvalue weighted by atomic mass is 10.0. The highest BCUT2D eigenvalue weighted by Gasteiger charge is 2.46. The minimum Gasteiger partial charge on any atom is -0.497 e. The van der Waals surface area contributed by atoms with E-state index >= 15 is 0 Å². The van der Waals surface area contributed by atoms with Gasteiger partial charge in [-0.15, -0.1) is 0 Å². The summed E-state index contributed by atoms with van der Waals surface area (Å²) in [6, 6.07) is 12.3. The molecule has 1 aliphatic carbocycles. The van der Waals surface area contributed by atoms with E-state index in [4.69, 9.17) is 9.15 Å². The number of furan rings is 1. The van der Waals surface area contributed by atoms with Gasteiger partial charge >= 0.3 is 0 Å². The summed E-state index contributed by atoms with van der Waals surface area (Å²) in [4.78, 5) is 14.8. The van der Waals surface area contributed by atoms with Crippen molar-refractivity contribution in [1.82, 2.24) is 5.32 Å². The lowest BCUT2D eigenvalue weighted by Crippen LogP contribution is -2.45. The lowest BCUT2D eigenvalue weighted by molar-refractivity contribution is -0.123. The summed E-state index contributed by atoms with van der Waals surface area (Å²) < 4.78 is 10.6. The Morgan fingerprint density at radius 3 is 2.60 bits per heavy atom. The minimum atomic E-state index is 0.0887. The van der Waals surface area contributed by atoms with Crippen LogP contribution >= 0.6 is 0 Å². The summed E-state index contributed by atoms with van der Waals surface area (Å²) in [5, 5.41) is 3.24. The fraction of sp³-hybridized carbons (Fsp3) is 0.450. The van der Waals surface area contributed by atoms with Gasteiger partial charge in [-0.2, -0.15) is 0 Å². The molecule has 1 N–H and O–H groups in total. The van der Waals surface area contributed by atoms with E-state index in [0.29, 0.717) is 0 Å². The zero-order valence-corrected chi connectivity index (χ0v) is 14.5. The van der Waals surface area contributed by atoms with Crippen LogP contribution in [-0.4, -0.2) is 32.1 Å². The Hall–Kier alpha value is -2.43. The first-order valence-corrected chi connectivity index (χ1v) is 8.97. The van der Waals surface area contributed by atoms with Crippen LogP contribution in [0.3, 0.4) is 0 Å². The second kappa shape index (κ2) is 6.82. The number of hydrogen-bond acceptors (Lipinski definition) is 4. The van der Waals surface area contributed by atoms with E-state index < -0.39 is 0 Å². The largest absolute Gasteiger partial charge is 0.497 e. The molecule has 0 unspecified atom stereocenters. The molecule has 0 bridgehead atoms. The number of hydrogen-bond donors (Lipinski definition) is 1. The second-order valence-corrected chi connectivity index (χ2v) is 6.93. The van der Waals surface area contributed by atoms with Crippen molar-refractivity contribution in [1.29, 1.82) is 0 Å². The number of methoxy groups -OCH3 is 1. The Bertz CT molecular complexity index is 703. The zero-order valence-electron chi connectivity index (χ0n) is 14.5. The molecule has 2 fully saturated rings. The monoisotopic (exact) mass is 340 g/mol. The van der Waals surface area contributed by atoms with Gasteiger partial charge in [0, 0.05) is 36.7 Å². The molecule has 1 aliphatic heterocycles. The molecule has 5 heteroatoms. The molecule has 4 rings (SSSR count). The number of amides is 1. The van der Waals surface area contributed by atoms with Crippen LogP contribution in [-0.2, 0) is 4.79 Å². The molecule has 25 heavy (non-hydrogen) atoms. The molecule has 1 saturated carbocycles. The Balaban J connectivity index is 1.25. The van der Waals surface area contributed by atoms with Crippen molar-refractivity contribution in [2.24, 2.45) is 5.92 Å². The Morgan fingerprint density at radius 2 is 1.96 bits per heavy atom. The first-order valence-electron chi connectivity index (χ1n) is 8.97. The van der Waals surface area contributed by atoms with Crippen molar-refractivity contribution < 1.29 is 13.9 Å². The van der Waals surface area contributed by atoms with E-state index in [0.717, 1.165) is 43.9 Å². The number of carbonyl (C=O) groups excluding carboxylic acids is 1. The number of piperidine rings is 1. The van der Waals surface area contributed by atoms with E-state index in [1.807, 2.05) is 24.3 Å². The van der Waals surface area contributed by atoms with Crippen molar-refractivity contribution >= 4 is 11.6 Å². The number of ether oxygens (including phenoxy) is 1. The third-order valence-electron chi connectivity index (χ3n) is 5.31. The van der Waals surface area contributed by atoms with E-state index in [1.165, 1.54) is 5.69 Å². The smallest absolute Gasteiger partial charge is 0.224 e. The van der Waals surface area contributed by atoms with Crippen molar-refractivity contribution in [3.8, 4) is 5.75 Å². The quantitative estimate of drug-likeness (QED) is 0.908. The third-order valence-corrected chi connectivity index (χ3v) is 5.31. The van der Waals surface area contributed by atoms with Crippen molar-refractivity contribution in [3.05, 3.63) is 48.4 Å². The first kappa shape index (κ1) is 16.1. The van der Waals surface area contributed by atoms with E-state index in [1.54, 1.807) is 13.4 Å². The standard InChI is InChI=1S/C20H24N2O3/c1-24-16-6-4-15(5-7-16)22-10-8-14(9-11-22)21-20(23)18-13-17(18)19-3-2-12-25-19/h2-7,12,14,17-18H,8-11,13H2,1H3,(H,21,23)/t17-,18+/m0/s1. The number of nitrogens with one attached hydrogen (secondary N) is 1. The number of nitrogens with zero attached hydrogens (tertiary/aromatic N) is 1. The van der Waals surface area contributed by atoms with Gasteiger partial charge < -0.3 is 19.4 Å². The number of anilines is 1. The first-order chi connectivity index (χ1) is 12.2. The van der Waals surface area contributed by atoms with Gasteiger partial charge in [0.15, 0.2) is 0 Å². The highest BCUT2D eigenvalue weighted by Crippen LogP contribution is 2.47. The fourth-order valence-electron chi connectivity index (χ4n) is 3.68. The predicted molar refractivity (Wildman–Crippen MR) is 95.9 cm³/mol. The summed E-state index contributed by atoms with van der Waals surface area (Å²) in [5.74, 6) is 2.36. The summed E-state index contributed by atoms with van der Waals surface area (Å²) in [5.41, 5.74) is 1.21. The molecule has 0 radical (unpaired) electrons. The average molecular weight is 340 g/mol. The average Bonchev–Trinajstić information content (AvgIpc) is 3.28. The molecule has 1 aromatic heterocycles. The van der Waals surface area contributed by atoms with Gasteiger partial charge in [-0.25, -0.2) is 0 Å². The van der Waals surface area contributed by atoms with Crippen molar-refractivity contribution in [3.63, 3.8) is 0 Å². The molecule has 2 atom stereocenters. The van der Waals surface area contributed by atoms with Gasteiger partial charge in [-0.1, -0.05) is 0 Å². The Morgan fingerprint density at radius 1 is 1.20 bits per heavy atom. The summed E-state index contributed by atoms with van der Waals surface area (Å²) >= 11 is 0. The molecule has 1 amide bonds. The van der Waals surface area contributed by atoms with Crippen LogP contribution in [0.15, 0.2) is 47.1 Å². The van der Waals surface area contributed by atoms with Crippen LogP contribution in [0, 0.1) is 5.92 Å². The van der Waals surface area contributed by atoms with E-state index in [9.17, 15) is 4.79 Å². The fourth-order valence-corrected chi connectivity index (χ4v) is 3.68. The summed E-state index contributed by atoms with van der Waals surface area (Å²) in [6.45, 7) is 1.92. The van der Waals surface area contributed by atoms with Gasteiger partial charge in [0.05, 0.1) is 13.4 Å². The van der Waals surface area contributed by atoms with Gasteiger partial charge in [-0.05, 0) is 55.7 Å². The maximum absolute atomic E-state index is 12.4. The predicted octanol–water partition coefficient (Wildman–Crippen LogP) is 3.18. The Kier molecular flexibility index (Phi) is 4.38. The molecule has 2 heterocycles. The molecule has 2 aliphatic rings. The maximum Gasteiger partial charge on any atom is 0.224 e. The van der Waals surface area contributed by atoms with Crippen LogP contribution in [0.2, 0.25) is 0 Å². The molecule has 5 nitrogen and oxygen atoms in total. The minimum absolute atomic E-state index is 0.0887. The van der Waals surface area contributed by atoms with Gasteiger partial charge in [0.2, 0.25) is 5.91 Å². The van der Waals surface area contributed by atoms with E-state index in [-0.39, 0.29) is 23.8 Å². The molecule has 1 saturated heterocycles. The van der Waals surface area contributed by atoms with Crippen LogP contribution in [0.5, 0.6) is 5.75 Å². The topological polar surface area (TPSA) is 54.7 Å². The van der Waals surface area contributed by atoms with Crippen LogP contribution < -0.4 is 15.0 Å². The number of carbonyl (C=O) groups is 1. The molecule has 1 aromatic carbocycles. The number of benzene rings is 1. The van der Waals surface area contributed by atoms with Crippen molar-refractivity contribution in [2.45, 2.75) is 31.2 Å². The lowest BCUT2D eigenvalue weighted by Gasteiger charge is -2.34.